The predicted octanol–water partition coefficient (Wildman–Crippen LogP) is 1.32. The van der Waals surface area contributed by atoms with Gasteiger partial charge >= 0.3 is 5.97 Å². The summed E-state index contributed by atoms with van der Waals surface area (Å²) in [6.45, 7) is 0. The Morgan fingerprint density at radius 1 is 1.38 bits per heavy atom. The first-order valence-corrected chi connectivity index (χ1v) is 8.23. The van der Waals surface area contributed by atoms with Crippen molar-refractivity contribution in [3.8, 4) is 12.3 Å². The highest BCUT2D eigenvalue weighted by Crippen LogP contribution is 2.24. The molecule has 0 fully saturated rings. The number of aryl methyl sites for hydroxylation is 2. The molecule has 0 saturated carbocycles. The summed E-state index contributed by atoms with van der Waals surface area (Å²) in [7, 11) is -3.86. The van der Waals surface area contributed by atoms with Gasteiger partial charge in [-0.2, -0.15) is 4.72 Å². The lowest BCUT2D eigenvalue weighted by Gasteiger charge is -2.14. The molecule has 0 spiro atoms. The van der Waals surface area contributed by atoms with E-state index >= 15 is 0 Å². The largest absolute Gasteiger partial charge is 0.480 e. The van der Waals surface area contributed by atoms with Crippen molar-refractivity contribution in [3.05, 3.63) is 29.3 Å². The molecule has 1 aliphatic carbocycles. The third kappa shape index (κ3) is 3.63. The number of fused-ring (bicyclic) bond motifs is 1. The molecule has 2 rings (SSSR count). The predicted molar refractivity (Wildman–Crippen MR) is 78.3 cm³/mol. The fourth-order valence-electron chi connectivity index (χ4n) is 2.43. The Kier molecular flexibility index (Phi) is 4.66. The Morgan fingerprint density at radius 3 is 2.76 bits per heavy atom. The molecule has 0 bridgehead atoms. The van der Waals surface area contributed by atoms with Crippen molar-refractivity contribution in [2.24, 2.45) is 0 Å². The Hall–Kier alpha value is -1.84. The molecular weight excluding hydrogens is 290 g/mol. The van der Waals surface area contributed by atoms with Gasteiger partial charge in [-0.1, -0.05) is 6.07 Å². The van der Waals surface area contributed by atoms with E-state index in [1.54, 1.807) is 12.1 Å². The highest BCUT2D eigenvalue weighted by Gasteiger charge is 2.25. The lowest BCUT2D eigenvalue weighted by molar-refractivity contribution is -0.139. The molecule has 1 aromatic carbocycles. The quantitative estimate of drug-likeness (QED) is 0.776. The second-order valence-corrected chi connectivity index (χ2v) is 6.75. The first-order valence-electron chi connectivity index (χ1n) is 6.74. The van der Waals surface area contributed by atoms with Crippen LogP contribution in [0, 0.1) is 12.3 Å². The zero-order valence-electron chi connectivity index (χ0n) is 11.5. The first-order chi connectivity index (χ1) is 9.94. The van der Waals surface area contributed by atoms with E-state index in [0.29, 0.717) is 0 Å². The molecule has 0 saturated heterocycles. The summed E-state index contributed by atoms with van der Waals surface area (Å²) in [6.07, 6.45) is 8.20. The number of hydrogen-bond donors (Lipinski definition) is 2. The molecule has 0 unspecified atom stereocenters. The van der Waals surface area contributed by atoms with Crippen LogP contribution in [0.15, 0.2) is 23.1 Å². The third-order valence-corrected chi connectivity index (χ3v) is 5.02. The van der Waals surface area contributed by atoms with Crippen molar-refractivity contribution in [3.63, 3.8) is 0 Å². The van der Waals surface area contributed by atoms with Crippen LogP contribution in [0.2, 0.25) is 0 Å². The SMILES string of the molecule is C#CCC[C@H](NS(=O)(=O)c1ccc2c(c1)CCC2)C(=O)O. The van der Waals surface area contributed by atoms with E-state index in [1.165, 1.54) is 6.07 Å². The zero-order valence-corrected chi connectivity index (χ0v) is 12.3. The van der Waals surface area contributed by atoms with Gasteiger partial charge in [0.15, 0.2) is 0 Å². The standard InChI is InChI=1S/C15H17NO4S/c1-2-3-7-14(15(17)18)16-21(19,20)13-9-8-11-5-4-6-12(11)10-13/h1,8-10,14,16H,3-7H2,(H,17,18)/t14-/m0/s1. The van der Waals surface area contributed by atoms with Crippen LogP contribution in [0.3, 0.4) is 0 Å². The summed E-state index contributed by atoms with van der Waals surface area (Å²) in [5, 5.41) is 9.07. The molecule has 1 aromatic rings. The van der Waals surface area contributed by atoms with Gasteiger partial charge in [0, 0.05) is 6.42 Å². The molecule has 0 radical (unpaired) electrons. The molecule has 0 amide bonds. The molecule has 1 aliphatic rings. The minimum Gasteiger partial charge on any atom is -0.480 e. The maximum absolute atomic E-state index is 12.3. The highest BCUT2D eigenvalue weighted by atomic mass is 32.2. The second kappa shape index (κ2) is 6.29. The van der Waals surface area contributed by atoms with Gasteiger partial charge in [0.05, 0.1) is 4.90 Å². The average molecular weight is 307 g/mol. The van der Waals surface area contributed by atoms with Crippen molar-refractivity contribution in [2.45, 2.75) is 43.0 Å². The number of aliphatic carboxylic acids is 1. The summed E-state index contributed by atoms with van der Waals surface area (Å²) in [6, 6.07) is 3.74. The van der Waals surface area contributed by atoms with Crippen LogP contribution in [0.4, 0.5) is 0 Å². The maximum atomic E-state index is 12.3. The minimum atomic E-state index is -3.86. The fraction of sp³-hybridized carbons (Fsp3) is 0.400. The number of terminal acetylenes is 1. The third-order valence-electron chi connectivity index (χ3n) is 3.55. The Labute approximate surface area is 124 Å². The number of carboxylic acid groups (broad SMARTS) is 1. The minimum absolute atomic E-state index is 0.0655. The molecule has 2 N–H and O–H groups in total. The van der Waals surface area contributed by atoms with E-state index in [2.05, 4.69) is 10.6 Å². The number of carbonyl (C=O) groups is 1. The molecule has 1 atom stereocenters. The summed E-state index contributed by atoms with van der Waals surface area (Å²) < 4.78 is 26.8. The van der Waals surface area contributed by atoms with E-state index in [4.69, 9.17) is 11.5 Å². The van der Waals surface area contributed by atoms with Crippen LogP contribution >= 0.6 is 0 Å². The van der Waals surface area contributed by atoms with E-state index in [-0.39, 0.29) is 17.7 Å². The fourth-order valence-corrected chi connectivity index (χ4v) is 3.71. The molecule has 5 nitrogen and oxygen atoms in total. The van der Waals surface area contributed by atoms with Gasteiger partial charge < -0.3 is 5.11 Å². The number of sulfonamides is 1. The summed E-state index contributed by atoms with van der Waals surface area (Å²) in [4.78, 5) is 11.2. The van der Waals surface area contributed by atoms with Gasteiger partial charge in [-0.05, 0) is 48.9 Å². The van der Waals surface area contributed by atoms with E-state index < -0.39 is 22.0 Å². The number of nitrogens with one attached hydrogen (secondary N) is 1. The molecule has 0 aromatic heterocycles. The second-order valence-electron chi connectivity index (χ2n) is 5.04. The maximum Gasteiger partial charge on any atom is 0.321 e. The van der Waals surface area contributed by atoms with Crippen molar-refractivity contribution < 1.29 is 18.3 Å². The number of rotatable bonds is 6. The van der Waals surface area contributed by atoms with Crippen LogP contribution in [0.1, 0.15) is 30.4 Å². The lowest BCUT2D eigenvalue weighted by Crippen LogP contribution is -2.40. The van der Waals surface area contributed by atoms with Gasteiger partial charge in [0.25, 0.3) is 0 Å². The van der Waals surface area contributed by atoms with Crippen molar-refractivity contribution in [1.82, 2.24) is 4.72 Å². The van der Waals surface area contributed by atoms with Gasteiger partial charge in [0.2, 0.25) is 10.0 Å². The van der Waals surface area contributed by atoms with E-state index in [1.807, 2.05) is 0 Å². The number of benzene rings is 1. The Bertz CT molecular complexity index is 688. The average Bonchev–Trinajstić information content (AvgIpc) is 2.90. The molecule has 112 valence electrons. The Balaban J connectivity index is 2.21. The number of carboxylic acids is 1. The molecular formula is C15H17NO4S. The van der Waals surface area contributed by atoms with Crippen LogP contribution in [0.5, 0.6) is 0 Å². The van der Waals surface area contributed by atoms with E-state index in [9.17, 15) is 13.2 Å². The summed E-state index contributed by atoms with van der Waals surface area (Å²) >= 11 is 0. The Morgan fingerprint density at radius 2 is 2.10 bits per heavy atom. The number of hydrogen-bond acceptors (Lipinski definition) is 3. The molecule has 0 heterocycles. The summed E-state index contributed by atoms with van der Waals surface area (Å²) in [5.74, 6) is 1.09. The van der Waals surface area contributed by atoms with Crippen LogP contribution in [-0.2, 0) is 27.7 Å². The smallest absolute Gasteiger partial charge is 0.321 e. The first kappa shape index (κ1) is 15.5. The molecule has 21 heavy (non-hydrogen) atoms. The molecule has 0 aliphatic heterocycles. The topological polar surface area (TPSA) is 83.5 Å². The van der Waals surface area contributed by atoms with Gasteiger partial charge in [-0.25, -0.2) is 8.42 Å². The van der Waals surface area contributed by atoms with Gasteiger partial charge in [-0.15, -0.1) is 12.3 Å². The van der Waals surface area contributed by atoms with Crippen LogP contribution in [0.25, 0.3) is 0 Å². The van der Waals surface area contributed by atoms with Crippen molar-refractivity contribution in [1.29, 1.82) is 0 Å². The molecule has 6 heteroatoms. The van der Waals surface area contributed by atoms with Crippen LogP contribution < -0.4 is 4.72 Å². The summed E-state index contributed by atoms with van der Waals surface area (Å²) in [5.41, 5.74) is 2.18. The van der Waals surface area contributed by atoms with Gasteiger partial charge in [0.1, 0.15) is 6.04 Å². The lowest BCUT2D eigenvalue weighted by atomic mass is 10.1. The van der Waals surface area contributed by atoms with Crippen molar-refractivity contribution >= 4 is 16.0 Å². The highest BCUT2D eigenvalue weighted by molar-refractivity contribution is 7.89. The van der Waals surface area contributed by atoms with Gasteiger partial charge in [-0.3, -0.25) is 4.79 Å². The normalized spacial score (nSPS) is 15.2. The zero-order chi connectivity index (χ0) is 15.5. The van der Waals surface area contributed by atoms with Crippen LogP contribution in [-0.4, -0.2) is 25.5 Å². The van der Waals surface area contributed by atoms with Crippen molar-refractivity contribution in [2.75, 3.05) is 0 Å². The monoisotopic (exact) mass is 307 g/mol. The van der Waals surface area contributed by atoms with E-state index in [0.717, 1.165) is 30.4 Å².